The number of hydrogen-bond donors (Lipinski definition) is 2. The minimum Gasteiger partial charge on any atom is -0.401 e. The molecule has 1 heterocycles. The Kier molecular flexibility index (Phi) is 3.11. The molecule has 0 aromatic heterocycles. The maximum absolute atomic E-state index is 6.81. The highest BCUT2D eigenvalue weighted by molar-refractivity contribution is 5.68. The third-order valence-corrected chi connectivity index (χ3v) is 1.90. The van der Waals surface area contributed by atoms with Gasteiger partial charge in [-0.2, -0.15) is 0 Å². The van der Waals surface area contributed by atoms with Gasteiger partial charge in [-0.1, -0.05) is 0 Å². The minimum absolute atomic E-state index is 0.793. The first-order valence-corrected chi connectivity index (χ1v) is 4.00. The van der Waals surface area contributed by atoms with Gasteiger partial charge in [0.25, 0.3) is 0 Å². The number of nitrogens with zero attached hydrogens (tertiary/aromatic N) is 1. The Bertz CT molecular complexity index is 157. The van der Waals surface area contributed by atoms with Gasteiger partial charge in [0, 0.05) is 18.5 Å². The third kappa shape index (κ3) is 2.72. The molecule has 3 nitrogen and oxygen atoms in total. The number of hydrogen-bond acceptors (Lipinski definition) is 3. The Morgan fingerprint density at radius 2 is 2.09 bits per heavy atom. The zero-order chi connectivity index (χ0) is 8.10. The van der Waals surface area contributed by atoms with E-state index >= 15 is 0 Å². The molecule has 0 amide bonds. The van der Waals surface area contributed by atoms with Crippen molar-refractivity contribution >= 4 is 6.21 Å². The molecule has 62 valence electrons. The van der Waals surface area contributed by atoms with Crippen LogP contribution < -0.4 is 5.73 Å². The van der Waals surface area contributed by atoms with Crippen molar-refractivity contribution in [1.29, 1.82) is 5.41 Å². The number of allylic oxidation sites excluding steroid dienone is 1. The number of likely N-dealkylation sites (tertiary alicyclic amines) is 1. The Morgan fingerprint density at radius 1 is 1.45 bits per heavy atom. The summed E-state index contributed by atoms with van der Waals surface area (Å²) in [6.45, 7) is 3.15. The zero-order valence-corrected chi connectivity index (χ0v) is 6.71. The first kappa shape index (κ1) is 8.27. The van der Waals surface area contributed by atoms with E-state index in [-0.39, 0.29) is 0 Å². The quantitative estimate of drug-likeness (QED) is 0.582. The molecule has 1 fully saturated rings. The summed E-state index contributed by atoms with van der Waals surface area (Å²) in [5, 5.41) is 6.81. The molecule has 0 aromatic rings. The van der Waals surface area contributed by atoms with Crippen LogP contribution in [0.1, 0.15) is 12.8 Å². The van der Waals surface area contributed by atoms with Crippen molar-refractivity contribution in [2.75, 3.05) is 19.6 Å². The summed E-state index contributed by atoms with van der Waals surface area (Å²) in [4.78, 5) is 2.31. The molecule has 0 saturated carbocycles. The second-order valence-corrected chi connectivity index (χ2v) is 2.89. The first-order chi connectivity index (χ1) is 5.33. The average molecular weight is 153 g/mol. The monoisotopic (exact) mass is 153 g/mol. The molecule has 3 heteroatoms. The summed E-state index contributed by atoms with van der Waals surface area (Å²) in [6.07, 6.45) is 5.47. The Morgan fingerprint density at radius 3 is 2.64 bits per heavy atom. The van der Waals surface area contributed by atoms with E-state index in [1.54, 1.807) is 6.08 Å². The fraction of sp³-hybridized carbons (Fsp3) is 0.625. The lowest BCUT2D eigenvalue weighted by molar-refractivity contribution is 0.367. The molecule has 1 aliphatic heterocycles. The van der Waals surface area contributed by atoms with Gasteiger partial charge in [0.05, 0.1) is 0 Å². The molecule has 0 radical (unpaired) electrons. The second kappa shape index (κ2) is 4.13. The Balaban J connectivity index is 2.28. The van der Waals surface area contributed by atoms with Crippen molar-refractivity contribution in [1.82, 2.24) is 4.90 Å². The topological polar surface area (TPSA) is 53.1 Å². The minimum atomic E-state index is 0.793. The molecule has 1 rings (SSSR count). The first-order valence-electron chi connectivity index (χ1n) is 4.00. The van der Waals surface area contributed by atoms with Crippen LogP contribution in [0, 0.1) is 5.41 Å². The highest BCUT2D eigenvalue weighted by atomic mass is 15.1. The maximum atomic E-state index is 6.81. The highest BCUT2D eigenvalue weighted by Crippen LogP contribution is 2.07. The summed E-state index contributed by atoms with van der Waals surface area (Å²) in [7, 11) is 0. The molecule has 11 heavy (non-hydrogen) atoms. The maximum Gasteiger partial charge on any atom is 0.0380 e. The predicted octanol–water partition coefficient (Wildman–Crippen LogP) is 0.574. The van der Waals surface area contributed by atoms with Crippen molar-refractivity contribution in [2.45, 2.75) is 12.8 Å². The largest absolute Gasteiger partial charge is 0.401 e. The Hall–Kier alpha value is -0.830. The smallest absolute Gasteiger partial charge is 0.0380 e. The van der Waals surface area contributed by atoms with E-state index in [0.717, 1.165) is 25.3 Å². The van der Waals surface area contributed by atoms with Crippen molar-refractivity contribution in [3.63, 3.8) is 0 Å². The molecule has 0 aromatic carbocycles. The van der Waals surface area contributed by atoms with Crippen LogP contribution >= 0.6 is 0 Å². The van der Waals surface area contributed by atoms with Crippen LogP contribution in [-0.2, 0) is 0 Å². The summed E-state index contributed by atoms with van der Waals surface area (Å²) >= 11 is 0. The van der Waals surface area contributed by atoms with Gasteiger partial charge in [-0.25, -0.2) is 0 Å². The molecule has 0 aliphatic carbocycles. The van der Waals surface area contributed by atoms with Gasteiger partial charge in [-0.3, -0.25) is 4.90 Å². The van der Waals surface area contributed by atoms with Gasteiger partial charge in [0.1, 0.15) is 0 Å². The third-order valence-electron chi connectivity index (χ3n) is 1.90. The van der Waals surface area contributed by atoms with Gasteiger partial charge < -0.3 is 11.1 Å². The van der Waals surface area contributed by atoms with Crippen molar-refractivity contribution < 1.29 is 0 Å². The van der Waals surface area contributed by atoms with Crippen LogP contribution in [-0.4, -0.2) is 30.7 Å². The molecule has 0 spiro atoms. The van der Waals surface area contributed by atoms with Gasteiger partial charge in [0.2, 0.25) is 0 Å². The molecular weight excluding hydrogens is 138 g/mol. The summed E-state index contributed by atoms with van der Waals surface area (Å²) in [6, 6.07) is 0. The van der Waals surface area contributed by atoms with E-state index in [0.29, 0.717) is 0 Å². The summed E-state index contributed by atoms with van der Waals surface area (Å²) in [5.74, 6) is 0. The number of rotatable bonds is 3. The van der Waals surface area contributed by atoms with Gasteiger partial charge in [-0.15, -0.1) is 0 Å². The molecule has 1 saturated heterocycles. The van der Waals surface area contributed by atoms with Crippen LogP contribution in [0.4, 0.5) is 0 Å². The standard InChI is InChI=1S/C8H15N3/c9-4-3-8(10)7-11-5-1-2-6-11/h3-4,9H,1-2,5-7,10H2. The summed E-state index contributed by atoms with van der Waals surface area (Å²) in [5.41, 5.74) is 6.43. The lowest BCUT2D eigenvalue weighted by Crippen LogP contribution is -2.24. The van der Waals surface area contributed by atoms with E-state index in [1.807, 2.05) is 0 Å². The lowest BCUT2D eigenvalue weighted by atomic mass is 10.4. The van der Waals surface area contributed by atoms with Crippen LogP contribution in [0.3, 0.4) is 0 Å². The van der Waals surface area contributed by atoms with Crippen molar-refractivity contribution in [3.8, 4) is 0 Å². The SMILES string of the molecule is N=CC=C(N)CN1CCCC1. The Labute approximate surface area is 67.4 Å². The normalized spacial score (nSPS) is 20.5. The molecular formula is C8H15N3. The molecule has 0 unspecified atom stereocenters. The van der Waals surface area contributed by atoms with Gasteiger partial charge in [-0.05, 0) is 32.0 Å². The van der Waals surface area contributed by atoms with E-state index in [1.165, 1.54) is 19.1 Å². The molecule has 1 aliphatic rings. The predicted molar refractivity (Wildman–Crippen MR) is 46.7 cm³/mol. The van der Waals surface area contributed by atoms with Crippen LogP contribution in [0.25, 0.3) is 0 Å². The lowest BCUT2D eigenvalue weighted by Gasteiger charge is -2.13. The van der Waals surface area contributed by atoms with Crippen LogP contribution in [0.2, 0.25) is 0 Å². The number of nitrogens with two attached hydrogens (primary N) is 1. The molecule has 0 atom stereocenters. The average Bonchev–Trinajstić information content (AvgIpc) is 2.40. The fourth-order valence-corrected chi connectivity index (χ4v) is 1.36. The zero-order valence-electron chi connectivity index (χ0n) is 6.71. The van der Waals surface area contributed by atoms with Crippen molar-refractivity contribution in [2.24, 2.45) is 5.73 Å². The van der Waals surface area contributed by atoms with E-state index in [4.69, 9.17) is 11.1 Å². The molecule has 0 bridgehead atoms. The van der Waals surface area contributed by atoms with E-state index in [2.05, 4.69) is 4.90 Å². The molecule has 3 N–H and O–H groups in total. The summed E-state index contributed by atoms with van der Waals surface area (Å²) < 4.78 is 0. The fourth-order valence-electron chi connectivity index (χ4n) is 1.36. The van der Waals surface area contributed by atoms with Crippen molar-refractivity contribution in [3.05, 3.63) is 11.8 Å². The van der Waals surface area contributed by atoms with Crippen LogP contribution in [0.15, 0.2) is 11.8 Å². The second-order valence-electron chi connectivity index (χ2n) is 2.89. The number of nitrogens with one attached hydrogen (secondary N) is 1. The van der Waals surface area contributed by atoms with E-state index < -0.39 is 0 Å². The van der Waals surface area contributed by atoms with Gasteiger partial charge >= 0.3 is 0 Å². The van der Waals surface area contributed by atoms with Gasteiger partial charge in [0.15, 0.2) is 0 Å². The van der Waals surface area contributed by atoms with E-state index in [9.17, 15) is 0 Å². The van der Waals surface area contributed by atoms with Crippen LogP contribution in [0.5, 0.6) is 0 Å². The highest BCUT2D eigenvalue weighted by Gasteiger charge is 2.10.